The molecular formula is C38H34F4N2O5. The first-order valence-electron chi connectivity index (χ1n) is 15.5. The van der Waals surface area contributed by atoms with Gasteiger partial charge >= 0.3 is 12.1 Å². The van der Waals surface area contributed by atoms with Crippen LogP contribution in [-0.4, -0.2) is 39.1 Å². The first-order chi connectivity index (χ1) is 23.4. The molecule has 0 radical (unpaired) electrons. The van der Waals surface area contributed by atoms with Crippen LogP contribution < -0.4 is 4.74 Å². The molecule has 7 nitrogen and oxygen atoms in total. The van der Waals surface area contributed by atoms with Crippen LogP contribution >= 0.6 is 0 Å². The van der Waals surface area contributed by atoms with Gasteiger partial charge in [0.15, 0.2) is 11.9 Å². The molecule has 3 aromatic carbocycles. The number of carbonyl (C=O) groups is 2. The molecule has 2 aromatic heterocycles. The van der Waals surface area contributed by atoms with E-state index >= 15 is 4.39 Å². The van der Waals surface area contributed by atoms with Crippen LogP contribution in [0, 0.1) is 19.7 Å². The van der Waals surface area contributed by atoms with Crippen LogP contribution in [0.25, 0.3) is 17.1 Å². The lowest BCUT2D eigenvalue weighted by Gasteiger charge is -2.15. The molecule has 0 saturated heterocycles. The van der Waals surface area contributed by atoms with Crippen LogP contribution in [0.15, 0.2) is 85.1 Å². The Balaban J connectivity index is 1.37. The highest BCUT2D eigenvalue weighted by atomic mass is 19.4. The Labute approximate surface area is 280 Å². The molecule has 1 N–H and O–H groups in total. The van der Waals surface area contributed by atoms with Crippen LogP contribution in [0.1, 0.15) is 56.4 Å². The molecule has 0 aliphatic carbocycles. The van der Waals surface area contributed by atoms with Crippen molar-refractivity contribution < 1.29 is 41.7 Å². The normalized spacial score (nSPS) is 12.5. The summed E-state index contributed by atoms with van der Waals surface area (Å²) in [5.41, 5.74) is 2.30. The first kappa shape index (κ1) is 35.0. The summed E-state index contributed by atoms with van der Waals surface area (Å²) < 4.78 is 69.2. The number of fused-ring (bicyclic) bond motifs is 1. The Morgan fingerprint density at radius 3 is 2.45 bits per heavy atom. The quantitative estimate of drug-likeness (QED) is 0.0997. The monoisotopic (exact) mass is 674 g/mol. The second-order valence-corrected chi connectivity index (χ2v) is 11.5. The van der Waals surface area contributed by atoms with Gasteiger partial charge in [-0.2, -0.15) is 13.2 Å². The van der Waals surface area contributed by atoms with E-state index < -0.39 is 35.4 Å². The van der Waals surface area contributed by atoms with Gasteiger partial charge in [0.2, 0.25) is 0 Å². The summed E-state index contributed by atoms with van der Waals surface area (Å²) in [6, 6.07) is 19.5. The van der Waals surface area contributed by atoms with E-state index in [2.05, 4.69) is 4.98 Å². The van der Waals surface area contributed by atoms with Crippen molar-refractivity contribution in [2.24, 2.45) is 0 Å². The fourth-order valence-electron chi connectivity index (χ4n) is 5.40. The van der Waals surface area contributed by atoms with Crippen molar-refractivity contribution in [3.8, 4) is 5.75 Å². The number of nitrogens with zero attached hydrogens (tertiary/aromatic N) is 2. The van der Waals surface area contributed by atoms with E-state index in [4.69, 9.17) is 9.47 Å². The van der Waals surface area contributed by atoms with Crippen molar-refractivity contribution in [1.29, 1.82) is 0 Å². The second kappa shape index (κ2) is 14.9. The number of carbonyl (C=O) groups excluding carboxylic acids is 1. The minimum absolute atomic E-state index is 0.0669. The Morgan fingerprint density at radius 1 is 1.02 bits per heavy atom. The lowest BCUT2D eigenvalue weighted by molar-refractivity contribution is -0.153. The number of aryl methyl sites for hydroxylation is 2. The van der Waals surface area contributed by atoms with E-state index in [1.165, 1.54) is 18.2 Å². The number of pyridine rings is 1. The Bertz CT molecular complexity index is 2020. The number of alkyl halides is 3. The summed E-state index contributed by atoms with van der Waals surface area (Å²) in [6.07, 6.45) is -1.50. The number of allylic oxidation sites excluding steroid dienone is 1. The third-order valence-corrected chi connectivity index (χ3v) is 8.14. The third kappa shape index (κ3) is 8.06. The summed E-state index contributed by atoms with van der Waals surface area (Å²) in [4.78, 5) is 29.6. The SMILES string of the molecule is CCc1cccc(C(=O)c2c(C)n(CC=Cc3cccc(CO[C@H](COc4ccc(C)cc4)C(=O)O)c3F)c3ncc(C(F)(F)F)cc23)c1. The predicted molar refractivity (Wildman–Crippen MR) is 177 cm³/mol. The molecule has 0 unspecified atom stereocenters. The van der Waals surface area contributed by atoms with Gasteiger partial charge in [-0.15, -0.1) is 0 Å². The zero-order valence-corrected chi connectivity index (χ0v) is 27.1. The standard InChI is InChI=1S/C38H34F4N2O5/c1-4-25-8-5-10-27(18-25)35(45)33-24(3)44(36-31(33)19-29(20-43-36)38(40,41)42)17-7-12-26-9-6-11-28(34(26)39)21-49-32(37(46)47)22-48-30-15-13-23(2)14-16-30/h5-16,18-20,32H,4,17,21-22H2,1-3H3,(H,46,47)/t32-/m1/s1. The molecule has 49 heavy (non-hydrogen) atoms. The molecule has 0 fully saturated rings. The van der Waals surface area contributed by atoms with Gasteiger partial charge < -0.3 is 19.1 Å². The molecule has 0 aliphatic rings. The molecular weight excluding hydrogens is 640 g/mol. The van der Waals surface area contributed by atoms with Gasteiger partial charge in [-0.05, 0) is 50.1 Å². The fraction of sp³-hybridized carbons (Fsp3) is 0.237. The van der Waals surface area contributed by atoms with E-state index in [-0.39, 0.29) is 47.5 Å². The molecule has 1 atom stereocenters. The van der Waals surface area contributed by atoms with Gasteiger partial charge in [0.1, 0.15) is 23.8 Å². The van der Waals surface area contributed by atoms with Crippen LogP contribution in [0.4, 0.5) is 17.6 Å². The van der Waals surface area contributed by atoms with Gasteiger partial charge in [0.25, 0.3) is 0 Å². The number of carboxylic acid groups (broad SMARTS) is 1. The molecule has 0 saturated carbocycles. The number of ketones is 1. The van der Waals surface area contributed by atoms with Crippen molar-refractivity contribution in [1.82, 2.24) is 9.55 Å². The summed E-state index contributed by atoms with van der Waals surface area (Å²) in [5.74, 6) is -1.84. The van der Waals surface area contributed by atoms with Crippen LogP contribution in [0.2, 0.25) is 0 Å². The molecule has 5 aromatic rings. The van der Waals surface area contributed by atoms with E-state index in [0.29, 0.717) is 23.4 Å². The number of aliphatic carboxylic acids is 1. The summed E-state index contributed by atoms with van der Waals surface area (Å²) in [6.45, 7) is 4.94. The fourth-order valence-corrected chi connectivity index (χ4v) is 5.40. The van der Waals surface area contributed by atoms with Gasteiger partial charge in [-0.25, -0.2) is 14.2 Å². The van der Waals surface area contributed by atoms with Gasteiger partial charge in [0.05, 0.1) is 17.7 Å². The van der Waals surface area contributed by atoms with Crippen LogP contribution in [0.3, 0.4) is 0 Å². The number of aromatic nitrogens is 2. The second-order valence-electron chi connectivity index (χ2n) is 11.5. The zero-order chi connectivity index (χ0) is 35.3. The maximum Gasteiger partial charge on any atom is 0.417 e. The summed E-state index contributed by atoms with van der Waals surface area (Å²) in [5, 5.41) is 9.67. The highest BCUT2D eigenvalue weighted by molar-refractivity contribution is 6.17. The Kier molecular flexibility index (Phi) is 10.6. The Hall–Kier alpha value is -5.29. The number of hydrogen-bond acceptors (Lipinski definition) is 5. The number of hydrogen-bond donors (Lipinski definition) is 1. The molecule has 2 heterocycles. The predicted octanol–water partition coefficient (Wildman–Crippen LogP) is 8.37. The van der Waals surface area contributed by atoms with Gasteiger partial charge in [-0.3, -0.25) is 4.79 Å². The molecule has 5 rings (SSSR count). The topological polar surface area (TPSA) is 90.7 Å². The number of rotatable bonds is 13. The molecule has 11 heteroatoms. The maximum atomic E-state index is 15.5. The first-order valence-corrected chi connectivity index (χ1v) is 15.5. The molecule has 254 valence electrons. The van der Waals surface area contributed by atoms with Gasteiger partial charge in [0, 0.05) is 40.5 Å². The largest absolute Gasteiger partial charge is 0.490 e. The number of carboxylic acids is 1. The van der Waals surface area contributed by atoms with Crippen LogP contribution in [0.5, 0.6) is 5.75 Å². The minimum Gasteiger partial charge on any atom is -0.490 e. The van der Waals surface area contributed by atoms with E-state index in [9.17, 15) is 27.9 Å². The average molecular weight is 675 g/mol. The number of ether oxygens (including phenoxy) is 2. The van der Waals surface area contributed by atoms with Crippen molar-refractivity contribution in [2.45, 2.75) is 52.6 Å². The number of halogens is 4. The average Bonchev–Trinajstić information content (AvgIpc) is 3.35. The summed E-state index contributed by atoms with van der Waals surface area (Å²) >= 11 is 0. The summed E-state index contributed by atoms with van der Waals surface area (Å²) in [7, 11) is 0. The van der Waals surface area contributed by atoms with Crippen molar-refractivity contribution in [3.63, 3.8) is 0 Å². The maximum absolute atomic E-state index is 15.5. The third-order valence-electron chi connectivity index (χ3n) is 8.14. The minimum atomic E-state index is -4.66. The molecule has 0 bridgehead atoms. The van der Waals surface area contributed by atoms with E-state index in [1.54, 1.807) is 54.0 Å². The lowest BCUT2D eigenvalue weighted by Crippen LogP contribution is -2.30. The lowest BCUT2D eigenvalue weighted by atomic mass is 9.98. The highest BCUT2D eigenvalue weighted by Crippen LogP contribution is 2.34. The van der Waals surface area contributed by atoms with E-state index in [1.807, 2.05) is 32.0 Å². The highest BCUT2D eigenvalue weighted by Gasteiger charge is 2.33. The van der Waals surface area contributed by atoms with Crippen molar-refractivity contribution in [2.75, 3.05) is 6.61 Å². The van der Waals surface area contributed by atoms with Crippen molar-refractivity contribution >= 4 is 28.9 Å². The molecule has 0 aliphatic heterocycles. The van der Waals surface area contributed by atoms with Crippen molar-refractivity contribution in [3.05, 3.63) is 136 Å². The Morgan fingerprint density at radius 2 is 1.76 bits per heavy atom. The number of benzene rings is 3. The molecule has 0 spiro atoms. The smallest absolute Gasteiger partial charge is 0.417 e. The van der Waals surface area contributed by atoms with Crippen LogP contribution in [-0.2, 0) is 35.3 Å². The van der Waals surface area contributed by atoms with Gasteiger partial charge in [-0.1, -0.05) is 73.2 Å². The van der Waals surface area contributed by atoms with E-state index in [0.717, 1.165) is 23.4 Å². The molecule has 0 amide bonds. The zero-order valence-electron chi connectivity index (χ0n) is 27.1.